The molecule has 1 heterocycles. The molecule has 0 radical (unpaired) electrons. The zero-order chi connectivity index (χ0) is 13.5. The second kappa shape index (κ2) is 4.49. The first-order chi connectivity index (χ1) is 9.11. The zero-order valence-corrected chi connectivity index (χ0v) is 11.8. The summed E-state index contributed by atoms with van der Waals surface area (Å²) in [5.74, 6) is -0.726. The maximum Gasteiger partial charge on any atom is 0.304 e. The van der Waals surface area contributed by atoms with E-state index >= 15 is 0 Å². The molecular weight excluding hydrogens is 308 g/mol. The number of carbonyl (C=O) groups is 1. The van der Waals surface area contributed by atoms with E-state index in [1.165, 1.54) is 0 Å². The summed E-state index contributed by atoms with van der Waals surface area (Å²) in [5.41, 5.74) is 1.94. The van der Waals surface area contributed by atoms with Crippen LogP contribution >= 0.6 is 15.9 Å². The number of nitrogens with zero attached hydrogens (tertiary/aromatic N) is 2. The zero-order valence-electron chi connectivity index (χ0n) is 10.2. The van der Waals surface area contributed by atoms with Crippen LogP contribution < -0.4 is 0 Å². The van der Waals surface area contributed by atoms with E-state index in [2.05, 4.69) is 21.0 Å². The second-order valence-electron chi connectivity index (χ2n) is 4.96. The molecule has 3 rings (SSSR count). The molecule has 1 saturated carbocycles. The lowest BCUT2D eigenvalue weighted by Gasteiger charge is -2.13. The number of carboxylic acids is 1. The Labute approximate surface area is 119 Å². The molecule has 1 aromatic heterocycles. The Balaban J connectivity index is 1.88. The molecule has 98 valence electrons. The van der Waals surface area contributed by atoms with Gasteiger partial charge in [-0.3, -0.25) is 4.79 Å². The van der Waals surface area contributed by atoms with Gasteiger partial charge in [-0.25, -0.2) is 4.68 Å². The molecule has 1 N–H and O–H groups in total. The Morgan fingerprint density at radius 3 is 2.47 bits per heavy atom. The Kier molecular flexibility index (Phi) is 2.93. The normalized spacial score (nSPS) is 16.3. The number of hydrogen-bond acceptors (Lipinski definition) is 2. The van der Waals surface area contributed by atoms with Gasteiger partial charge < -0.3 is 5.11 Å². The maximum atomic E-state index is 10.9. The lowest BCUT2D eigenvalue weighted by molar-refractivity contribution is -0.137. The predicted octanol–water partition coefficient (Wildman–Crippen LogP) is 3.14. The first-order valence-corrected chi connectivity index (χ1v) is 6.92. The molecule has 0 saturated heterocycles. The molecule has 2 aromatic rings. The fourth-order valence-electron chi connectivity index (χ4n) is 2.44. The fourth-order valence-corrected chi connectivity index (χ4v) is 2.86. The van der Waals surface area contributed by atoms with E-state index < -0.39 is 5.97 Å². The average molecular weight is 321 g/mol. The summed E-state index contributed by atoms with van der Waals surface area (Å²) in [6.07, 6.45) is 3.87. The van der Waals surface area contributed by atoms with Gasteiger partial charge in [-0.1, -0.05) is 12.1 Å². The van der Waals surface area contributed by atoms with E-state index in [1.807, 2.05) is 30.3 Å². The molecule has 0 amide bonds. The first-order valence-electron chi connectivity index (χ1n) is 6.13. The van der Waals surface area contributed by atoms with Gasteiger partial charge in [-0.05, 0) is 52.5 Å². The van der Waals surface area contributed by atoms with Crippen molar-refractivity contribution in [2.75, 3.05) is 0 Å². The van der Waals surface area contributed by atoms with Crippen molar-refractivity contribution < 1.29 is 9.90 Å². The van der Waals surface area contributed by atoms with Gasteiger partial charge in [0, 0.05) is 5.41 Å². The molecule has 0 aliphatic heterocycles. The van der Waals surface area contributed by atoms with Crippen LogP contribution in [0.4, 0.5) is 0 Å². The quantitative estimate of drug-likeness (QED) is 0.941. The number of aliphatic carboxylic acids is 1. The number of halogens is 1. The third-order valence-corrected chi connectivity index (χ3v) is 4.26. The van der Waals surface area contributed by atoms with Crippen molar-refractivity contribution >= 4 is 21.9 Å². The van der Waals surface area contributed by atoms with Crippen LogP contribution in [0.25, 0.3) is 5.69 Å². The molecule has 1 aliphatic carbocycles. The van der Waals surface area contributed by atoms with Gasteiger partial charge in [0.2, 0.25) is 0 Å². The standard InChI is InChI=1S/C14H13BrN2O2/c15-12-5-8-16-17(12)11-3-1-10(2-4-11)14(6-7-14)9-13(18)19/h1-5,8H,6-7,9H2,(H,18,19). The summed E-state index contributed by atoms with van der Waals surface area (Å²) in [6, 6.07) is 9.86. The summed E-state index contributed by atoms with van der Waals surface area (Å²) in [4.78, 5) is 10.9. The van der Waals surface area contributed by atoms with Crippen molar-refractivity contribution in [1.29, 1.82) is 0 Å². The van der Waals surface area contributed by atoms with E-state index in [0.717, 1.165) is 28.7 Å². The summed E-state index contributed by atoms with van der Waals surface area (Å²) >= 11 is 3.43. The minimum absolute atomic E-state index is 0.133. The summed E-state index contributed by atoms with van der Waals surface area (Å²) in [7, 11) is 0. The highest BCUT2D eigenvalue weighted by molar-refractivity contribution is 9.10. The Hall–Kier alpha value is -1.62. The van der Waals surface area contributed by atoms with Gasteiger partial charge in [0.15, 0.2) is 0 Å². The molecule has 5 heteroatoms. The molecular formula is C14H13BrN2O2. The highest BCUT2D eigenvalue weighted by Gasteiger charge is 2.45. The summed E-state index contributed by atoms with van der Waals surface area (Å²) in [6.45, 7) is 0. The number of rotatable bonds is 4. The average Bonchev–Trinajstić information content (AvgIpc) is 3.02. The van der Waals surface area contributed by atoms with Crippen molar-refractivity contribution in [2.24, 2.45) is 0 Å². The number of hydrogen-bond donors (Lipinski definition) is 1. The van der Waals surface area contributed by atoms with Crippen LogP contribution in [0.15, 0.2) is 41.1 Å². The molecule has 0 bridgehead atoms. The van der Waals surface area contributed by atoms with E-state index in [0.29, 0.717) is 0 Å². The lowest BCUT2D eigenvalue weighted by atomic mass is 9.92. The first kappa shape index (κ1) is 12.4. The fraction of sp³-hybridized carbons (Fsp3) is 0.286. The lowest BCUT2D eigenvalue weighted by Crippen LogP contribution is -2.13. The van der Waals surface area contributed by atoms with Crippen molar-refractivity contribution in [3.63, 3.8) is 0 Å². The third-order valence-electron chi connectivity index (χ3n) is 3.66. The van der Waals surface area contributed by atoms with Crippen molar-refractivity contribution in [1.82, 2.24) is 9.78 Å². The minimum atomic E-state index is -0.726. The molecule has 19 heavy (non-hydrogen) atoms. The van der Waals surface area contributed by atoms with Gasteiger partial charge in [0.1, 0.15) is 4.60 Å². The monoisotopic (exact) mass is 320 g/mol. The van der Waals surface area contributed by atoms with Crippen molar-refractivity contribution in [3.05, 3.63) is 46.7 Å². The minimum Gasteiger partial charge on any atom is -0.481 e. The number of benzene rings is 1. The molecule has 0 unspecified atom stereocenters. The van der Waals surface area contributed by atoms with Crippen molar-refractivity contribution in [2.45, 2.75) is 24.7 Å². The molecule has 1 fully saturated rings. The smallest absolute Gasteiger partial charge is 0.304 e. The molecule has 4 nitrogen and oxygen atoms in total. The van der Waals surface area contributed by atoms with E-state index in [-0.39, 0.29) is 11.8 Å². The highest BCUT2D eigenvalue weighted by Crippen LogP contribution is 2.51. The SMILES string of the molecule is O=C(O)CC1(c2ccc(-n3nccc3Br)cc2)CC1. The molecule has 1 aliphatic rings. The second-order valence-corrected chi connectivity index (χ2v) is 5.78. The predicted molar refractivity (Wildman–Crippen MR) is 74.4 cm³/mol. The van der Waals surface area contributed by atoms with E-state index in [1.54, 1.807) is 10.9 Å². The van der Waals surface area contributed by atoms with Gasteiger partial charge in [-0.15, -0.1) is 0 Å². The van der Waals surface area contributed by atoms with Crippen LogP contribution in [0.1, 0.15) is 24.8 Å². The van der Waals surface area contributed by atoms with Crippen LogP contribution in [0.2, 0.25) is 0 Å². The van der Waals surface area contributed by atoms with Crippen LogP contribution in [-0.2, 0) is 10.2 Å². The third kappa shape index (κ3) is 2.30. The van der Waals surface area contributed by atoms with Gasteiger partial charge in [0.25, 0.3) is 0 Å². The molecule has 0 spiro atoms. The Morgan fingerprint density at radius 1 is 1.32 bits per heavy atom. The van der Waals surface area contributed by atoms with Crippen LogP contribution in [0.3, 0.4) is 0 Å². The highest BCUT2D eigenvalue weighted by atomic mass is 79.9. The van der Waals surface area contributed by atoms with Crippen LogP contribution in [0.5, 0.6) is 0 Å². The molecule has 0 atom stereocenters. The summed E-state index contributed by atoms with van der Waals surface area (Å²) < 4.78 is 2.69. The van der Waals surface area contributed by atoms with E-state index in [4.69, 9.17) is 5.11 Å². The Bertz CT molecular complexity index is 615. The Morgan fingerprint density at radius 2 is 2.00 bits per heavy atom. The van der Waals surface area contributed by atoms with Crippen LogP contribution in [0, 0.1) is 0 Å². The number of carboxylic acid groups (broad SMARTS) is 1. The molecule has 1 aromatic carbocycles. The van der Waals surface area contributed by atoms with Crippen molar-refractivity contribution in [3.8, 4) is 5.69 Å². The maximum absolute atomic E-state index is 10.9. The summed E-state index contributed by atoms with van der Waals surface area (Å²) in [5, 5.41) is 13.2. The topological polar surface area (TPSA) is 55.1 Å². The number of aromatic nitrogens is 2. The van der Waals surface area contributed by atoms with Gasteiger partial charge in [0.05, 0.1) is 18.3 Å². The van der Waals surface area contributed by atoms with Gasteiger partial charge in [-0.2, -0.15) is 5.10 Å². The van der Waals surface area contributed by atoms with Crippen LogP contribution in [-0.4, -0.2) is 20.9 Å². The largest absolute Gasteiger partial charge is 0.481 e. The van der Waals surface area contributed by atoms with Gasteiger partial charge >= 0.3 is 5.97 Å². The van der Waals surface area contributed by atoms with E-state index in [9.17, 15) is 4.79 Å².